The van der Waals surface area contributed by atoms with Crippen LogP contribution < -0.4 is 5.32 Å². The van der Waals surface area contributed by atoms with Crippen molar-refractivity contribution in [2.24, 2.45) is 0 Å². The van der Waals surface area contributed by atoms with Crippen molar-refractivity contribution >= 4 is 39.6 Å². The summed E-state index contributed by atoms with van der Waals surface area (Å²) in [7, 11) is 1.61. The molecule has 2 heterocycles. The first kappa shape index (κ1) is 15.6. The van der Waals surface area contributed by atoms with Gasteiger partial charge in [-0.1, -0.05) is 24.3 Å². The Morgan fingerprint density at radius 2 is 2.19 bits per heavy atom. The number of carbonyl (C=O) groups excluding carboxylic acids is 2. The highest BCUT2D eigenvalue weighted by Crippen LogP contribution is 2.23. The Balaban J connectivity index is 2.00. The molecule has 0 aliphatic carbocycles. The van der Waals surface area contributed by atoms with Crippen LogP contribution in [0.3, 0.4) is 0 Å². The minimum absolute atomic E-state index is 0.149. The molecule has 1 N–H and O–H groups in total. The van der Waals surface area contributed by atoms with Crippen LogP contribution in [0.2, 0.25) is 0 Å². The van der Waals surface area contributed by atoms with Crippen molar-refractivity contribution in [3.8, 4) is 0 Å². The normalized spacial score (nSPS) is 12.0. The number of hydrogen-bond donors (Lipinski definition) is 1. The zero-order chi connectivity index (χ0) is 15.4. The monoisotopic (exact) mass is 324 g/mol. The van der Waals surface area contributed by atoms with Gasteiger partial charge in [0, 0.05) is 11.9 Å². The number of nitrogens with zero attached hydrogens (tertiary/aromatic N) is 3. The maximum atomic E-state index is 12.1. The fourth-order valence-electron chi connectivity index (χ4n) is 1.65. The Morgan fingerprint density at radius 1 is 1.43 bits per heavy atom. The molecule has 0 radical (unpaired) electrons. The Labute approximate surface area is 130 Å². The third kappa shape index (κ3) is 3.64. The van der Waals surface area contributed by atoms with Gasteiger partial charge < -0.3 is 4.90 Å². The minimum Gasteiger partial charge on any atom is -0.330 e. The van der Waals surface area contributed by atoms with Gasteiger partial charge in [0.05, 0.1) is 6.04 Å². The number of aromatic nitrogens is 2. The molecule has 1 atom stereocenters. The first-order valence-electron chi connectivity index (χ1n) is 6.46. The third-order valence-electron chi connectivity index (χ3n) is 3.04. The molecule has 0 spiro atoms. The van der Waals surface area contributed by atoms with Crippen molar-refractivity contribution in [1.29, 1.82) is 0 Å². The quantitative estimate of drug-likeness (QED) is 0.876. The number of aryl methyl sites for hydroxylation is 1. The summed E-state index contributed by atoms with van der Waals surface area (Å²) in [5.41, 5.74) is 0. The summed E-state index contributed by atoms with van der Waals surface area (Å²) in [5.74, 6) is -1.29. The molecule has 2 rings (SSSR count). The van der Waals surface area contributed by atoms with E-state index in [0.717, 1.165) is 16.3 Å². The van der Waals surface area contributed by atoms with Gasteiger partial charge in [-0.3, -0.25) is 14.9 Å². The fourth-order valence-corrected chi connectivity index (χ4v) is 3.15. The van der Waals surface area contributed by atoms with E-state index in [-0.39, 0.29) is 6.04 Å². The van der Waals surface area contributed by atoms with Gasteiger partial charge in [0.2, 0.25) is 5.13 Å². The molecule has 0 saturated heterocycles. The molecule has 6 nitrogen and oxygen atoms in total. The number of anilines is 1. The predicted octanol–water partition coefficient (Wildman–Crippen LogP) is 2.32. The standard InChI is InChI=1S/C13H16N4O2S2/c1-4-10-15-16-13(21-10)14-11(18)12(19)17(3)8(2)9-6-5-7-20-9/h5-8H,4H2,1-3H3,(H,14,16,18)/t8-/m0/s1. The number of nitrogens with one attached hydrogen (secondary N) is 1. The van der Waals surface area contributed by atoms with E-state index >= 15 is 0 Å². The van der Waals surface area contributed by atoms with Crippen molar-refractivity contribution < 1.29 is 9.59 Å². The second-order valence-electron chi connectivity index (χ2n) is 4.42. The zero-order valence-corrected chi connectivity index (χ0v) is 13.6. The van der Waals surface area contributed by atoms with Gasteiger partial charge in [-0.25, -0.2) is 0 Å². The van der Waals surface area contributed by atoms with Crippen LogP contribution in [0.15, 0.2) is 17.5 Å². The van der Waals surface area contributed by atoms with Crippen LogP contribution in [-0.2, 0) is 16.0 Å². The van der Waals surface area contributed by atoms with Gasteiger partial charge >= 0.3 is 11.8 Å². The molecule has 0 aliphatic rings. The van der Waals surface area contributed by atoms with Crippen LogP contribution in [0.25, 0.3) is 0 Å². The summed E-state index contributed by atoms with van der Waals surface area (Å²) in [6.45, 7) is 3.84. The Kier molecular flexibility index (Phi) is 5.03. The number of likely N-dealkylation sites (N-methyl/N-ethyl adjacent to an activating group) is 1. The molecule has 0 unspecified atom stereocenters. The van der Waals surface area contributed by atoms with E-state index in [2.05, 4.69) is 15.5 Å². The highest BCUT2D eigenvalue weighted by molar-refractivity contribution is 7.15. The lowest BCUT2D eigenvalue weighted by Gasteiger charge is -2.23. The van der Waals surface area contributed by atoms with Gasteiger partial charge in [-0.2, -0.15) is 0 Å². The van der Waals surface area contributed by atoms with Gasteiger partial charge in [0.15, 0.2) is 0 Å². The summed E-state index contributed by atoms with van der Waals surface area (Å²) in [4.78, 5) is 26.6. The lowest BCUT2D eigenvalue weighted by molar-refractivity contribution is -0.143. The SMILES string of the molecule is CCc1nnc(NC(=O)C(=O)N(C)[C@@H](C)c2cccs2)s1. The number of amides is 2. The Morgan fingerprint density at radius 3 is 2.76 bits per heavy atom. The van der Waals surface area contributed by atoms with E-state index < -0.39 is 11.8 Å². The molecule has 21 heavy (non-hydrogen) atoms. The maximum Gasteiger partial charge on any atom is 0.315 e. The van der Waals surface area contributed by atoms with Gasteiger partial charge in [0.25, 0.3) is 0 Å². The molecule has 112 valence electrons. The van der Waals surface area contributed by atoms with Crippen LogP contribution in [0, 0.1) is 0 Å². The highest BCUT2D eigenvalue weighted by Gasteiger charge is 2.25. The van der Waals surface area contributed by atoms with Gasteiger partial charge in [-0.15, -0.1) is 21.5 Å². The van der Waals surface area contributed by atoms with E-state index in [4.69, 9.17) is 0 Å². The first-order chi connectivity index (χ1) is 10.0. The molecule has 0 aromatic carbocycles. The fraction of sp³-hybridized carbons (Fsp3) is 0.385. The van der Waals surface area contributed by atoms with Crippen LogP contribution in [-0.4, -0.2) is 34.0 Å². The topological polar surface area (TPSA) is 75.2 Å². The van der Waals surface area contributed by atoms with Crippen LogP contribution in [0.1, 0.15) is 29.8 Å². The van der Waals surface area contributed by atoms with E-state index in [1.165, 1.54) is 16.2 Å². The van der Waals surface area contributed by atoms with Crippen molar-refractivity contribution in [2.45, 2.75) is 26.3 Å². The Hall–Kier alpha value is -1.80. The Bertz CT molecular complexity index is 624. The molecule has 0 saturated carbocycles. The lowest BCUT2D eigenvalue weighted by Crippen LogP contribution is -2.38. The molecule has 8 heteroatoms. The zero-order valence-electron chi connectivity index (χ0n) is 12.0. The summed E-state index contributed by atoms with van der Waals surface area (Å²) in [5, 5.41) is 13.3. The van der Waals surface area contributed by atoms with Crippen molar-refractivity contribution in [3.05, 3.63) is 27.4 Å². The summed E-state index contributed by atoms with van der Waals surface area (Å²) in [6.07, 6.45) is 0.747. The second kappa shape index (κ2) is 6.77. The molecule has 2 aromatic heterocycles. The highest BCUT2D eigenvalue weighted by atomic mass is 32.1. The summed E-state index contributed by atoms with van der Waals surface area (Å²) in [6, 6.07) is 3.71. The number of carbonyl (C=O) groups is 2. The third-order valence-corrected chi connectivity index (χ3v) is 5.07. The molecule has 2 aromatic rings. The van der Waals surface area contributed by atoms with E-state index in [1.54, 1.807) is 18.4 Å². The summed E-state index contributed by atoms with van der Waals surface area (Å²) >= 11 is 2.83. The van der Waals surface area contributed by atoms with Gasteiger partial charge in [-0.05, 0) is 24.8 Å². The molecule has 0 fully saturated rings. The molecular formula is C13H16N4O2S2. The van der Waals surface area contributed by atoms with Crippen molar-refractivity contribution in [3.63, 3.8) is 0 Å². The average Bonchev–Trinajstić information content (AvgIpc) is 3.15. The van der Waals surface area contributed by atoms with Gasteiger partial charge in [0.1, 0.15) is 5.01 Å². The molecule has 2 amide bonds. The van der Waals surface area contributed by atoms with Crippen LogP contribution in [0.5, 0.6) is 0 Å². The largest absolute Gasteiger partial charge is 0.330 e. The van der Waals surface area contributed by atoms with E-state index in [9.17, 15) is 9.59 Å². The predicted molar refractivity (Wildman–Crippen MR) is 83.4 cm³/mol. The van der Waals surface area contributed by atoms with E-state index in [1.807, 2.05) is 31.4 Å². The number of rotatable bonds is 4. The molecular weight excluding hydrogens is 308 g/mol. The van der Waals surface area contributed by atoms with Crippen LogP contribution in [0.4, 0.5) is 5.13 Å². The smallest absolute Gasteiger partial charge is 0.315 e. The van der Waals surface area contributed by atoms with Crippen LogP contribution >= 0.6 is 22.7 Å². The van der Waals surface area contributed by atoms with E-state index in [0.29, 0.717) is 5.13 Å². The second-order valence-corrected chi connectivity index (χ2v) is 6.46. The van der Waals surface area contributed by atoms with Crippen molar-refractivity contribution in [2.75, 3.05) is 12.4 Å². The summed E-state index contributed by atoms with van der Waals surface area (Å²) < 4.78 is 0. The lowest BCUT2D eigenvalue weighted by atomic mass is 10.2. The minimum atomic E-state index is -0.695. The number of thiophene rings is 1. The molecule has 0 aliphatic heterocycles. The first-order valence-corrected chi connectivity index (χ1v) is 8.16. The number of hydrogen-bond acceptors (Lipinski definition) is 6. The average molecular weight is 324 g/mol. The van der Waals surface area contributed by atoms with Crippen molar-refractivity contribution in [1.82, 2.24) is 15.1 Å². The molecule has 0 bridgehead atoms. The maximum absolute atomic E-state index is 12.1.